The number of anilines is 2. The van der Waals surface area contributed by atoms with Crippen LogP contribution in [0, 0.1) is 6.92 Å². The first-order valence-electron chi connectivity index (χ1n) is 7.27. The van der Waals surface area contributed by atoms with Gasteiger partial charge in [-0.05, 0) is 31.4 Å². The lowest BCUT2D eigenvalue weighted by molar-refractivity contribution is 0.949. The molecule has 21 heavy (non-hydrogen) atoms. The van der Waals surface area contributed by atoms with E-state index in [0.29, 0.717) is 5.82 Å². The molecule has 0 radical (unpaired) electrons. The van der Waals surface area contributed by atoms with Gasteiger partial charge in [-0.2, -0.15) is 0 Å². The summed E-state index contributed by atoms with van der Waals surface area (Å²) < 4.78 is 0. The van der Waals surface area contributed by atoms with Crippen molar-refractivity contribution in [1.82, 2.24) is 15.0 Å². The zero-order valence-electron chi connectivity index (χ0n) is 13.4. The summed E-state index contributed by atoms with van der Waals surface area (Å²) in [6.45, 7) is 6.18. The minimum absolute atomic E-state index is 0.536. The number of pyridine rings is 1. The fraction of sp³-hybridized carbons (Fsp3) is 0.438. The molecular formula is C16H23N5. The Balaban J connectivity index is 2.60. The van der Waals surface area contributed by atoms with Crippen LogP contribution in [-0.2, 0) is 12.8 Å². The first-order chi connectivity index (χ1) is 9.97. The van der Waals surface area contributed by atoms with Crippen molar-refractivity contribution >= 4 is 11.6 Å². The number of nitrogens with two attached hydrogens (primary N) is 1. The highest BCUT2D eigenvalue weighted by Gasteiger charge is 2.14. The zero-order chi connectivity index (χ0) is 15.6. The van der Waals surface area contributed by atoms with E-state index >= 15 is 0 Å². The average Bonchev–Trinajstić information content (AvgIpc) is 2.47. The number of nitrogens with zero attached hydrogens (tertiary/aromatic N) is 4. The van der Waals surface area contributed by atoms with Crippen molar-refractivity contribution in [3.8, 4) is 11.3 Å². The predicted molar refractivity (Wildman–Crippen MR) is 87.5 cm³/mol. The lowest BCUT2D eigenvalue weighted by Gasteiger charge is -2.15. The summed E-state index contributed by atoms with van der Waals surface area (Å²) in [7, 11) is 3.97. The van der Waals surface area contributed by atoms with Crippen LogP contribution in [0.3, 0.4) is 0 Å². The summed E-state index contributed by atoms with van der Waals surface area (Å²) in [5.41, 5.74) is 10.8. The highest BCUT2D eigenvalue weighted by Crippen LogP contribution is 2.27. The van der Waals surface area contributed by atoms with Crippen molar-refractivity contribution in [2.75, 3.05) is 24.7 Å². The van der Waals surface area contributed by atoms with E-state index in [1.165, 1.54) is 0 Å². The molecule has 5 heteroatoms. The Morgan fingerprint density at radius 2 is 1.76 bits per heavy atom. The molecule has 0 unspecified atom stereocenters. The third-order valence-electron chi connectivity index (χ3n) is 3.55. The van der Waals surface area contributed by atoms with Crippen LogP contribution < -0.4 is 10.6 Å². The van der Waals surface area contributed by atoms with Crippen LogP contribution in [0.25, 0.3) is 11.3 Å². The number of hydrogen-bond donors (Lipinski definition) is 1. The molecule has 2 rings (SSSR count). The molecule has 0 fully saturated rings. The van der Waals surface area contributed by atoms with E-state index in [1.807, 2.05) is 32.1 Å². The van der Waals surface area contributed by atoms with Crippen LogP contribution in [0.1, 0.15) is 30.8 Å². The van der Waals surface area contributed by atoms with Crippen LogP contribution in [0.15, 0.2) is 12.3 Å². The molecule has 0 saturated heterocycles. The summed E-state index contributed by atoms with van der Waals surface area (Å²) in [6.07, 6.45) is 3.45. The molecule has 0 bridgehead atoms. The van der Waals surface area contributed by atoms with E-state index in [9.17, 15) is 0 Å². The van der Waals surface area contributed by atoms with Crippen molar-refractivity contribution in [3.63, 3.8) is 0 Å². The van der Waals surface area contributed by atoms with Crippen molar-refractivity contribution in [2.24, 2.45) is 0 Å². The molecule has 0 amide bonds. The van der Waals surface area contributed by atoms with Gasteiger partial charge >= 0.3 is 0 Å². The standard InChI is InChI=1S/C16H23N5/c1-6-12-15(19-13(7-2)16(17)20-12)11-9-18-14(21(4)5)8-10(11)3/h8-9H,6-7H2,1-5H3,(H2,17,20). The Hall–Kier alpha value is -2.17. The smallest absolute Gasteiger partial charge is 0.145 e. The van der Waals surface area contributed by atoms with E-state index in [2.05, 4.69) is 29.9 Å². The van der Waals surface area contributed by atoms with Crippen molar-refractivity contribution < 1.29 is 0 Å². The lowest BCUT2D eigenvalue weighted by atomic mass is 10.0. The van der Waals surface area contributed by atoms with Crippen LogP contribution in [0.4, 0.5) is 11.6 Å². The third-order valence-corrected chi connectivity index (χ3v) is 3.55. The number of nitrogen functional groups attached to an aromatic ring is 1. The molecule has 5 nitrogen and oxygen atoms in total. The van der Waals surface area contributed by atoms with Gasteiger partial charge in [-0.15, -0.1) is 0 Å². The Bertz CT molecular complexity index is 649. The van der Waals surface area contributed by atoms with Crippen LogP contribution in [-0.4, -0.2) is 29.0 Å². The molecule has 112 valence electrons. The molecule has 0 aliphatic heterocycles. The second-order valence-corrected chi connectivity index (χ2v) is 5.31. The number of aryl methyl sites for hydroxylation is 3. The SMILES string of the molecule is CCc1nc(-c2cnc(N(C)C)cc2C)c(CC)nc1N. The second kappa shape index (κ2) is 6.08. The Kier molecular flexibility index (Phi) is 4.40. The first-order valence-corrected chi connectivity index (χ1v) is 7.27. The molecule has 2 heterocycles. The van der Waals surface area contributed by atoms with E-state index in [-0.39, 0.29) is 0 Å². The van der Waals surface area contributed by atoms with Crippen LogP contribution in [0.5, 0.6) is 0 Å². The Labute approximate surface area is 126 Å². The van der Waals surface area contributed by atoms with E-state index in [0.717, 1.165) is 46.9 Å². The second-order valence-electron chi connectivity index (χ2n) is 5.31. The third kappa shape index (κ3) is 2.96. The fourth-order valence-electron chi connectivity index (χ4n) is 2.28. The van der Waals surface area contributed by atoms with Gasteiger partial charge in [0.05, 0.1) is 17.1 Å². The zero-order valence-corrected chi connectivity index (χ0v) is 13.4. The highest BCUT2D eigenvalue weighted by atomic mass is 15.1. The fourth-order valence-corrected chi connectivity index (χ4v) is 2.28. The molecule has 2 aromatic rings. The maximum absolute atomic E-state index is 5.96. The summed E-state index contributed by atoms with van der Waals surface area (Å²) >= 11 is 0. The monoisotopic (exact) mass is 285 g/mol. The molecule has 2 N–H and O–H groups in total. The maximum atomic E-state index is 5.96. The van der Waals surface area contributed by atoms with Crippen LogP contribution in [0.2, 0.25) is 0 Å². The quantitative estimate of drug-likeness (QED) is 0.935. The van der Waals surface area contributed by atoms with Crippen LogP contribution >= 0.6 is 0 Å². The van der Waals surface area contributed by atoms with E-state index in [1.54, 1.807) is 0 Å². The molecule has 2 aromatic heterocycles. The molecule has 0 spiro atoms. The molecule has 0 atom stereocenters. The molecule has 0 aliphatic carbocycles. The van der Waals surface area contributed by atoms with Gasteiger partial charge in [-0.25, -0.2) is 15.0 Å². The summed E-state index contributed by atoms with van der Waals surface area (Å²) in [5.74, 6) is 1.47. The van der Waals surface area contributed by atoms with Gasteiger partial charge in [0.2, 0.25) is 0 Å². The molecule has 0 aromatic carbocycles. The first kappa shape index (κ1) is 15.2. The lowest BCUT2D eigenvalue weighted by Crippen LogP contribution is -2.11. The Morgan fingerprint density at radius 3 is 2.29 bits per heavy atom. The van der Waals surface area contributed by atoms with Crippen molar-refractivity contribution in [3.05, 3.63) is 29.2 Å². The maximum Gasteiger partial charge on any atom is 0.145 e. The summed E-state index contributed by atoms with van der Waals surface area (Å²) in [6, 6.07) is 2.07. The topological polar surface area (TPSA) is 67.9 Å². The Morgan fingerprint density at radius 1 is 1.10 bits per heavy atom. The summed E-state index contributed by atoms with van der Waals surface area (Å²) in [4.78, 5) is 15.7. The summed E-state index contributed by atoms with van der Waals surface area (Å²) in [5, 5.41) is 0. The molecule has 0 aliphatic rings. The number of aromatic nitrogens is 3. The van der Waals surface area contributed by atoms with E-state index in [4.69, 9.17) is 10.7 Å². The highest BCUT2D eigenvalue weighted by molar-refractivity contribution is 5.67. The van der Waals surface area contributed by atoms with Crippen molar-refractivity contribution in [2.45, 2.75) is 33.6 Å². The van der Waals surface area contributed by atoms with Gasteiger partial charge in [0.25, 0.3) is 0 Å². The van der Waals surface area contributed by atoms with E-state index < -0.39 is 0 Å². The predicted octanol–water partition coefficient (Wildman–Crippen LogP) is 2.62. The molecule has 0 saturated carbocycles. The normalized spacial score (nSPS) is 10.7. The van der Waals surface area contributed by atoms with Gasteiger partial charge < -0.3 is 10.6 Å². The van der Waals surface area contributed by atoms with Gasteiger partial charge in [-0.1, -0.05) is 13.8 Å². The van der Waals surface area contributed by atoms with Gasteiger partial charge in [0.1, 0.15) is 11.6 Å². The van der Waals surface area contributed by atoms with Gasteiger partial charge in [0, 0.05) is 25.9 Å². The number of rotatable bonds is 4. The van der Waals surface area contributed by atoms with Gasteiger partial charge in [0.15, 0.2) is 0 Å². The minimum Gasteiger partial charge on any atom is -0.382 e. The average molecular weight is 285 g/mol. The molecular weight excluding hydrogens is 262 g/mol. The number of hydrogen-bond acceptors (Lipinski definition) is 5. The largest absolute Gasteiger partial charge is 0.382 e. The van der Waals surface area contributed by atoms with Crippen molar-refractivity contribution in [1.29, 1.82) is 0 Å². The van der Waals surface area contributed by atoms with Gasteiger partial charge in [-0.3, -0.25) is 0 Å². The minimum atomic E-state index is 0.536.